The molecule has 0 aliphatic rings. The Morgan fingerprint density at radius 2 is 1.91 bits per heavy atom. The third-order valence-electron chi connectivity index (χ3n) is 3.13. The molecule has 23 heavy (non-hydrogen) atoms. The Kier molecular flexibility index (Phi) is 5.77. The van der Waals surface area contributed by atoms with Crippen molar-refractivity contribution in [3.8, 4) is 11.8 Å². The number of carboxylic acid groups (broad SMARTS) is 1. The molecule has 5 heteroatoms. The largest absolute Gasteiger partial charge is 0.493 e. The Morgan fingerprint density at radius 3 is 2.43 bits per heavy atom. The fourth-order valence-electron chi connectivity index (χ4n) is 2.02. The summed E-state index contributed by atoms with van der Waals surface area (Å²) in [5, 5.41) is 18.3. The lowest BCUT2D eigenvalue weighted by atomic mass is 10.0. The number of hydrogen-bond donors (Lipinski definition) is 1. The summed E-state index contributed by atoms with van der Waals surface area (Å²) >= 11 is 2.19. The summed E-state index contributed by atoms with van der Waals surface area (Å²) in [5.41, 5.74) is 2.24. The van der Waals surface area contributed by atoms with Crippen LogP contribution >= 0.6 is 22.6 Å². The predicted molar refractivity (Wildman–Crippen MR) is 97.2 cm³/mol. The van der Waals surface area contributed by atoms with E-state index in [1.807, 2.05) is 25.1 Å². The van der Waals surface area contributed by atoms with E-state index in [9.17, 15) is 10.1 Å². The number of benzene rings is 2. The van der Waals surface area contributed by atoms with Gasteiger partial charge in [0.15, 0.2) is 0 Å². The molecule has 0 saturated heterocycles. The van der Waals surface area contributed by atoms with Crippen LogP contribution in [0.25, 0.3) is 11.6 Å². The van der Waals surface area contributed by atoms with Crippen LogP contribution in [0.2, 0.25) is 0 Å². The van der Waals surface area contributed by atoms with Gasteiger partial charge in [0.05, 0.1) is 27.4 Å². The quantitative estimate of drug-likeness (QED) is 0.442. The average molecular weight is 419 g/mol. The Labute approximate surface area is 148 Å². The van der Waals surface area contributed by atoms with Crippen LogP contribution in [0.15, 0.2) is 42.5 Å². The molecule has 0 aliphatic carbocycles. The fraction of sp³-hybridized carbons (Fsp3) is 0.111. The summed E-state index contributed by atoms with van der Waals surface area (Å²) < 4.78 is 6.46. The van der Waals surface area contributed by atoms with E-state index in [0.29, 0.717) is 17.7 Å². The smallest absolute Gasteiger partial charge is 0.335 e. The van der Waals surface area contributed by atoms with E-state index in [-0.39, 0.29) is 5.56 Å². The van der Waals surface area contributed by atoms with Crippen molar-refractivity contribution >= 4 is 40.2 Å². The molecule has 0 saturated carbocycles. The molecule has 0 aromatic heterocycles. The Balaban J connectivity index is 2.33. The van der Waals surface area contributed by atoms with Crippen LogP contribution in [0, 0.1) is 14.9 Å². The molecule has 2 aromatic carbocycles. The van der Waals surface area contributed by atoms with Crippen molar-refractivity contribution in [1.29, 1.82) is 5.26 Å². The number of ether oxygens (including phenoxy) is 1. The van der Waals surface area contributed by atoms with Crippen LogP contribution in [0.4, 0.5) is 0 Å². The number of aromatic carboxylic acids is 1. The Hall–Kier alpha value is -2.33. The molecule has 1 N–H and O–H groups in total. The molecule has 0 heterocycles. The van der Waals surface area contributed by atoms with Crippen molar-refractivity contribution in [2.75, 3.05) is 6.61 Å². The summed E-state index contributed by atoms with van der Waals surface area (Å²) in [4.78, 5) is 10.9. The van der Waals surface area contributed by atoms with Crippen molar-refractivity contribution in [2.45, 2.75) is 6.92 Å². The second-order valence-electron chi connectivity index (χ2n) is 4.68. The van der Waals surface area contributed by atoms with E-state index in [0.717, 1.165) is 14.9 Å². The lowest BCUT2D eigenvalue weighted by molar-refractivity contribution is 0.0697. The molecule has 4 nitrogen and oxygen atoms in total. The van der Waals surface area contributed by atoms with E-state index in [4.69, 9.17) is 9.84 Å². The first-order valence-electron chi connectivity index (χ1n) is 6.93. The second-order valence-corrected chi connectivity index (χ2v) is 5.84. The Morgan fingerprint density at radius 1 is 1.26 bits per heavy atom. The molecule has 0 atom stereocenters. The van der Waals surface area contributed by atoms with Crippen LogP contribution in [0.1, 0.15) is 28.4 Å². The number of hydrogen-bond acceptors (Lipinski definition) is 3. The maximum Gasteiger partial charge on any atom is 0.335 e. The highest BCUT2D eigenvalue weighted by molar-refractivity contribution is 14.1. The number of rotatable bonds is 5. The number of nitrogens with zero attached hydrogens (tertiary/aromatic N) is 1. The zero-order chi connectivity index (χ0) is 16.8. The van der Waals surface area contributed by atoms with Crippen molar-refractivity contribution in [3.63, 3.8) is 0 Å². The van der Waals surface area contributed by atoms with Gasteiger partial charge in [0.1, 0.15) is 5.75 Å². The minimum atomic E-state index is -0.986. The molecule has 0 amide bonds. The molecule has 2 aromatic rings. The highest BCUT2D eigenvalue weighted by Gasteiger charge is 2.06. The predicted octanol–water partition coefficient (Wildman–Crippen LogP) is 4.45. The monoisotopic (exact) mass is 419 g/mol. The minimum absolute atomic E-state index is 0.196. The van der Waals surface area contributed by atoms with Gasteiger partial charge in [-0.15, -0.1) is 0 Å². The van der Waals surface area contributed by atoms with Crippen molar-refractivity contribution in [2.24, 2.45) is 0 Å². The molecule has 0 unspecified atom stereocenters. The molecular weight excluding hydrogens is 405 g/mol. The summed E-state index contributed by atoms with van der Waals surface area (Å²) in [6.45, 7) is 2.53. The third-order valence-corrected chi connectivity index (χ3v) is 3.97. The first-order valence-corrected chi connectivity index (χ1v) is 8.01. The number of nitriles is 1. The van der Waals surface area contributed by atoms with Gasteiger partial charge in [0.2, 0.25) is 0 Å². The summed E-state index contributed by atoms with van der Waals surface area (Å²) in [6.07, 6.45) is 1.77. The zero-order valence-corrected chi connectivity index (χ0v) is 14.6. The summed E-state index contributed by atoms with van der Waals surface area (Å²) in [6, 6.07) is 14.1. The van der Waals surface area contributed by atoms with E-state index in [2.05, 4.69) is 28.7 Å². The van der Waals surface area contributed by atoms with Gasteiger partial charge in [-0.1, -0.05) is 18.2 Å². The molecular formula is C18H14INO3. The molecule has 0 aliphatic heterocycles. The van der Waals surface area contributed by atoms with E-state index in [1.54, 1.807) is 18.2 Å². The van der Waals surface area contributed by atoms with Crippen LogP contribution < -0.4 is 4.74 Å². The van der Waals surface area contributed by atoms with Gasteiger partial charge in [-0.25, -0.2) is 4.79 Å². The third kappa shape index (κ3) is 4.33. The van der Waals surface area contributed by atoms with Crippen LogP contribution in [0.3, 0.4) is 0 Å². The van der Waals surface area contributed by atoms with Gasteiger partial charge in [0.25, 0.3) is 0 Å². The van der Waals surface area contributed by atoms with Gasteiger partial charge < -0.3 is 9.84 Å². The minimum Gasteiger partial charge on any atom is -0.493 e. The van der Waals surface area contributed by atoms with Gasteiger partial charge in [-0.3, -0.25) is 0 Å². The number of carbonyl (C=O) groups is 1. The first kappa shape index (κ1) is 17.0. The first-order chi connectivity index (χ1) is 11.0. The molecule has 0 bridgehead atoms. The van der Waals surface area contributed by atoms with Gasteiger partial charge in [-0.05, 0) is 71.0 Å². The highest BCUT2D eigenvalue weighted by atomic mass is 127. The molecule has 116 valence electrons. The standard InChI is InChI=1S/C18H14INO3/c1-2-23-17-8-3-12(10-16(17)19)9-15(11-20)13-4-6-14(7-5-13)18(21)22/h3-10H,2H2,1H3,(H,21,22)/b15-9-. The Bertz CT molecular complexity index is 789. The second kappa shape index (κ2) is 7.79. The average Bonchev–Trinajstić information content (AvgIpc) is 2.55. The van der Waals surface area contributed by atoms with Crippen molar-refractivity contribution in [1.82, 2.24) is 0 Å². The van der Waals surface area contributed by atoms with Crippen molar-refractivity contribution in [3.05, 3.63) is 62.7 Å². The lowest BCUT2D eigenvalue weighted by Gasteiger charge is -2.07. The lowest BCUT2D eigenvalue weighted by Crippen LogP contribution is -1.95. The number of allylic oxidation sites excluding steroid dienone is 1. The number of halogens is 1. The maximum atomic E-state index is 10.9. The van der Waals surface area contributed by atoms with E-state index < -0.39 is 5.97 Å². The zero-order valence-electron chi connectivity index (χ0n) is 12.4. The van der Waals surface area contributed by atoms with Gasteiger partial charge in [0, 0.05) is 0 Å². The van der Waals surface area contributed by atoms with Crippen LogP contribution in [-0.2, 0) is 0 Å². The molecule has 0 spiro atoms. The topological polar surface area (TPSA) is 70.3 Å². The maximum absolute atomic E-state index is 10.9. The summed E-state index contributed by atoms with van der Waals surface area (Å²) in [7, 11) is 0. The van der Waals surface area contributed by atoms with Gasteiger partial charge in [-0.2, -0.15) is 5.26 Å². The molecule has 0 fully saturated rings. The van der Waals surface area contributed by atoms with E-state index >= 15 is 0 Å². The fourth-order valence-corrected chi connectivity index (χ4v) is 2.71. The van der Waals surface area contributed by atoms with E-state index in [1.165, 1.54) is 12.1 Å². The molecule has 2 rings (SSSR count). The number of carboxylic acids is 1. The molecule has 0 radical (unpaired) electrons. The van der Waals surface area contributed by atoms with Crippen molar-refractivity contribution < 1.29 is 14.6 Å². The van der Waals surface area contributed by atoms with Crippen LogP contribution in [-0.4, -0.2) is 17.7 Å². The van der Waals surface area contributed by atoms with Crippen LogP contribution in [0.5, 0.6) is 5.75 Å². The normalized spacial score (nSPS) is 10.9. The van der Waals surface area contributed by atoms with Gasteiger partial charge >= 0.3 is 5.97 Å². The summed E-state index contributed by atoms with van der Waals surface area (Å²) in [5.74, 6) is -0.172. The highest BCUT2D eigenvalue weighted by Crippen LogP contribution is 2.25. The SMILES string of the molecule is CCOc1ccc(/C=C(/C#N)c2ccc(C(=O)O)cc2)cc1I.